The molecule has 0 unspecified atom stereocenters. The third-order valence-corrected chi connectivity index (χ3v) is 1.69. The largest absolute Gasteiger partial charge is 0.488 e. The molecule has 0 radical (unpaired) electrons. The van der Waals surface area contributed by atoms with Crippen molar-refractivity contribution in [1.82, 2.24) is 0 Å². The van der Waals surface area contributed by atoms with Crippen molar-refractivity contribution in [2.75, 3.05) is 0 Å². The summed E-state index contributed by atoms with van der Waals surface area (Å²) < 4.78 is 0. The van der Waals surface area contributed by atoms with Crippen LogP contribution >= 0.6 is 0 Å². The van der Waals surface area contributed by atoms with Gasteiger partial charge in [-0.25, -0.2) is 0 Å². The second-order valence-electron chi connectivity index (χ2n) is 2.47. The summed E-state index contributed by atoms with van der Waals surface area (Å²) in [5.74, 6) is 0. The lowest BCUT2D eigenvalue weighted by Gasteiger charge is -1.99. The van der Waals surface area contributed by atoms with Crippen LogP contribution in [-0.2, 0) is 6.42 Å². The summed E-state index contributed by atoms with van der Waals surface area (Å²) in [7, 11) is -1.35. The Morgan fingerprint density at radius 2 is 1.82 bits per heavy atom. The molecule has 0 fully saturated rings. The molecule has 0 bridgehead atoms. The molecule has 11 heavy (non-hydrogen) atoms. The van der Waals surface area contributed by atoms with Gasteiger partial charge in [0.25, 0.3) is 0 Å². The van der Waals surface area contributed by atoms with E-state index >= 15 is 0 Å². The normalized spacial score (nSPS) is 9.73. The highest BCUT2D eigenvalue weighted by atomic mass is 16.4. The smallest absolute Gasteiger partial charge is 0.423 e. The predicted molar refractivity (Wildman–Crippen MR) is 49.9 cm³/mol. The summed E-state index contributed by atoms with van der Waals surface area (Å²) in [5.41, 5.74) is 1.75. The van der Waals surface area contributed by atoms with Crippen molar-refractivity contribution in [2.24, 2.45) is 0 Å². The fourth-order valence-corrected chi connectivity index (χ4v) is 0.925. The first-order chi connectivity index (χ1) is 5.24. The van der Waals surface area contributed by atoms with Crippen LogP contribution in [0.4, 0.5) is 0 Å². The van der Waals surface area contributed by atoms with Gasteiger partial charge in [-0.1, -0.05) is 31.2 Å². The van der Waals surface area contributed by atoms with Gasteiger partial charge in [-0.15, -0.1) is 0 Å². The lowest BCUT2D eigenvalue weighted by Crippen LogP contribution is -2.29. The maximum absolute atomic E-state index is 8.74. The standard InChI is InChI=1S/C8H11BO2.2H2/c1-2-7-3-5-8(6-4-7)9(10)11;;/h3-6,10-11H,2H2,1H3;2*1H. The van der Waals surface area contributed by atoms with E-state index in [1.165, 1.54) is 5.56 Å². The summed E-state index contributed by atoms with van der Waals surface area (Å²) in [6.45, 7) is 2.06. The van der Waals surface area contributed by atoms with E-state index in [1.54, 1.807) is 12.1 Å². The van der Waals surface area contributed by atoms with Gasteiger partial charge in [-0.3, -0.25) is 0 Å². The number of aryl methyl sites for hydroxylation is 1. The van der Waals surface area contributed by atoms with Crippen molar-refractivity contribution < 1.29 is 12.9 Å². The SMILES string of the molecule is CCc1ccc(B(O)O)cc1.[HH].[HH]. The van der Waals surface area contributed by atoms with E-state index in [9.17, 15) is 0 Å². The fourth-order valence-electron chi connectivity index (χ4n) is 0.925. The topological polar surface area (TPSA) is 40.5 Å². The molecule has 1 rings (SSSR count). The van der Waals surface area contributed by atoms with Gasteiger partial charge in [-0.05, 0) is 17.4 Å². The third-order valence-electron chi connectivity index (χ3n) is 1.69. The quantitative estimate of drug-likeness (QED) is 0.606. The Hall–Kier alpha value is -0.795. The molecule has 0 saturated heterocycles. The van der Waals surface area contributed by atoms with Gasteiger partial charge >= 0.3 is 7.12 Å². The zero-order chi connectivity index (χ0) is 8.27. The lowest BCUT2D eigenvalue weighted by molar-refractivity contribution is 0.426. The van der Waals surface area contributed by atoms with E-state index in [4.69, 9.17) is 10.0 Å². The van der Waals surface area contributed by atoms with Gasteiger partial charge < -0.3 is 10.0 Å². The minimum Gasteiger partial charge on any atom is -0.423 e. The van der Waals surface area contributed by atoms with Crippen molar-refractivity contribution in [2.45, 2.75) is 13.3 Å². The van der Waals surface area contributed by atoms with Gasteiger partial charge in [0.05, 0.1) is 0 Å². The molecule has 0 aliphatic heterocycles. The van der Waals surface area contributed by atoms with E-state index in [1.807, 2.05) is 12.1 Å². The third kappa shape index (κ3) is 2.07. The Morgan fingerprint density at radius 1 is 1.27 bits per heavy atom. The van der Waals surface area contributed by atoms with Crippen LogP contribution in [0.5, 0.6) is 0 Å². The molecule has 2 N–H and O–H groups in total. The Kier molecular flexibility index (Phi) is 2.68. The first-order valence-electron chi connectivity index (χ1n) is 3.69. The molecule has 0 aliphatic carbocycles. The molecule has 0 aliphatic rings. The minimum atomic E-state index is -1.35. The fraction of sp³-hybridized carbons (Fsp3) is 0.250. The molecular weight excluding hydrogens is 139 g/mol. The number of hydrogen-bond donors (Lipinski definition) is 2. The highest BCUT2D eigenvalue weighted by Gasteiger charge is 2.08. The molecule has 0 heterocycles. The highest BCUT2D eigenvalue weighted by Crippen LogP contribution is 1.96. The number of rotatable bonds is 2. The van der Waals surface area contributed by atoms with Gasteiger partial charge in [-0.2, -0.15) is 0 Å². The van der Waals surface area contributed by atoms with Gasteiger partial charge in [0.2, 0.25) is 0 Å². The maximum Gasteiger partial charge on any atom is 0.488 e. The molecule has 2 nitrogen and oxygen atoms in total. The molecule has 0 spiro atoms. The predicted octanol–water partition coefficient (Wildman–Crippen LogP) is 0.421. The Labute approximate surface area is 69.6 Å². The van der Waals surface area contributed by atoms with Crippen LogP contribution < -0.4 is 5.46 Å². The first kappa shape index (κ1) is 8.30. The van der Waals surface area contributed by atoms with Crippen LogP contribution in [0.3, 0.4) is 0 Å². The zero-order valence-electron chi connectivity index (χ0n) is 6.49. The van der Waals surface area contributed by atoms with Crippen molar-refractivity contribution in [3.63, 3.8) is 0 Å². The summed E-state index contributed by atoms with van der Waals surface area (Å²) in [6.07, 6.45) is 0.974. The molecule has 3 heteroatoms. The minimum absolute atomic E-state index is 0. The summed E-state index contributed by atoms with van der Waals surface area (Å²) in [6, 6.07) is 7.25. The second kappa shape index (κ2) is 3.55. The van der Waals surface area contributed by atoms with Crippen molar-refractivity contribution in [3.05, 3.63) is 29.8 Å². The van der Waals surface area contributed by atoms with Crippen LogP contribution in [0.25, 0.3) is 0 Å². The van der Waals surface area contributed by atoms with Crippen LogP contribution in [0, 0.1) is 0 Å². The van der Waals surface area contributed by atoms with E-state index in [-0.39, 0.29) is 2.85 Å². The van der Waals surface area contributed by atoms with Crippen molar-refractivity contribution in [1.29, 1.82) is 0 Å². The summed E-state index contributed by atoms with van der Waals surface area (Å²) in [4.78, 5) is 0. The van der Waals surface area contributed by atoms with Gasteiger partial charge in [0.15, 0.2) is 0 Å². The molecule has 0 amide bonds. The lowest BCUT2D eigenvalue weighted by atomic mass is 9.80. The first-order valence-corrected chi connectivity index (χ1v) is 3.69. The molecule has 0 saturated carbocycles. The van der Waals surface area contributed by atoms with Crippen molar-refractivity contribution in [3.8, 4) is 0 Å². The van der Waals surface area contributed by atoms with Gasteiger partial charge in [0.1, 0.15) is 0 Å². The molecule has 0 aromatic heterocycles. The summed E-state index contributed by atoms with van der Waals surface area (Å²) >= 11 is 0. The zero-order valence-corrected chi connectivity index (χ0v) is 6.49. The average Bonchev–Trinajstić information content (AvgIpc) is 2.05. The average molecular weight is 154 g/mol. The van der Waals surface area contributed by atoms with E-state index < -0.39 is 7.12 Å². The van der Waals surface area contributed by atoms with Gasteiger partial charge in [0, 0.05) is 2.85 Å². The Bertz CT molecular complexity index is 226. The van der Waals surface area contributed by atoms with E-state index in [2.05, 4.69) is 6.92 Å². The van der Waals surface area contributed by atoms with Crippen LogP contribution in [0.1, 0.15) is 15.3 Å². The van der Waals surface area contributed by atoms with Crippen LogP contribution in [0.15, 0.2) is 24.3 Å². The monoisotopic (exact) mass is 154 g/mol. The van der Waals surface area contributed by atoms with E-state index in [0.717, 1.165) is 6.42 Å². The number of hydrogen-bond acceptors (Lipinski definition) is 2. The Morgan fingerprint density at radius 3 is 2.18 bits per heavy atom. The molecule has 1 aromatic rings. The van der Waals surface area contributed by atoms with Crippen LogP contribution in [0.2, 0.25) is 0 Å². The molecule has 62 valence electrons. The Balaban J connectivity index is 0. The second-order valence-corrected chi connectivity index (χ2v) is 2.47. The van der Waals surface area contributed by atoms with Crippen molar-refractivity contribution >= 4 is 12.6 Å². The molecule has 0 atom stereocenters. The van der Waals surface area contributed by atoms with E-state index in [0.29, 0.717) is 5.46 Å². The molecular formula is C8H15BO2. The number of benzene rings is 1. The van der Waals surface area contributed by atoms with Crippen LogP contribution in [-0.4, -0.2) is 17.2 Å². The highest BCUT2D eigenvalue weighted by molar-refractivity contribution is 6.58. The maximum atomic E-state index is 8.74. The summed E-state index contributed by atoms with van der Waals surface area (Å²) in [5, 5.41) is 17.5. The molecule has 1 aromatic carbocycles.